The van der Waals surface area contributed by atoms with Crippen LogP contribution in [0.2, 0.25) is 10.0 Å². The molecular weight excluding hydrogens is 441 g/mol. The Bertz CT molecular complexity index is 1030. The summed E-state index contributed by atoms with van der Waals surface area (Å²) in [6.07, 6.45) is 2.33. The predicted molar refractivity (Wildman–Crippen MR) is 111 cm³/mol. The predicted octanol–water partition coefficient (Wildman–Crippen LogP) is 3.10. The van der Waals surface area contributed by atoms with E-state index in [0.717, 1.165) is 5.82 Å². The third-order valence-electron chi connectivity index (χ3n) is 5.20. The first-order valence-electron chi connectivity index (χ1n) is 9.09. The van der Waals surface area contributed by atoms with Crippen LogP contribution in [0.3, 0.4) is 0 Å². The molecule has 28 heavy (non-hydrogen) atoms. The summed E-state index contributed by atoms with van der Waals surface area (Å²) in [7, 11) is -1.78. The van der Waals surface area contributed by atoms with Gasteiger partial charge in [-0.25, -0.2) is 13.1 Å². The monoisotopic (exact) mass is 461 g/mol. The lowest BCUT2D eigenvalue weighted by atomic mass is 10.4. The molecule has 0 bridgehead atoms. The second kappa shape index (κ2) is 7.70. The van der Waals surface area contributed by atoms with Crippen molar-refractivity contribution in [2.24, 2.45) is 7.05 Å². The van der Waals surface area contributed by atoms with Crippen LogP contribution >= 0.6 is 35.4 Å². The van der Waals surface area contributed by atoms with E-state index in [4.69, 9.17) is 35.4 Å². The summed E-state index contributed by atoms with van der Waals surface area (Å²) in [6.45, 7) is 2.44. The molecule has 1 saturated carbocycles. The van der Waals surface area contributed by atoms with E-state index >= 15 is 0 Å². The van der Waals surface area contributed by atoms with Crippen molar-refractivity contribution in [2.75, 3.05) is 26.2 Å². The Labute approximate surface area is 179 Å². The Morgan fingerprint density at radius 1 is 1.14 bits per heavy atom. The van der Waals surface area contributed by atoms with Crippen molar-refractivity contribution >= 4 is 45.4 Å². The highest BCUT2D eigenvalue weighted by atomic mass is 35.5. The van der Waals surface area contributed by atoms with Crippen LogP contribution in [0.1, 0.15) is 24.6 Å². The minimum absolute atomic E-state index is 0.0206. The third kappa shape index (κ3) is 3.76. The van der Waals surface area contributed by atoms with Crippen LogP contribution in [0.15, 0.2) is 23.1 Å². The van der Waals surface area contributed by atoms with Crippen molar-refractivity contribution < 1.29 is 8.42 Å². The van der Waals surface area contributed by atoms with Crippen LogP contribution in [0.25, 0.3) is 0 Å². The van der Waals surface area contributed by atoms with Gasteiger partial charge in [-0.2, -0.15) is 9.40 Å². The second-order valence-corrected chi connectivity index (χ2v) is 10.2. The Morgan fingerprint density at radius 3 is 2.32 bits per heavy atom. The summed E-state index contributed by atoms with van der Waals surface area (Å²) in [5.74, 6) is 1.56. The molecule has 0 unspecified atom stereocenters. The number of hydrogen-bond donors (Lipinski definition) is 0. The minimum atomic E-state index is -3.74. The number of sulfonamides is 1. The first-order valence-corrected chi connectivity index (χ1v) is 11.7. The van der Waals surface area contributed by atoms with Gasteiger partial charge in [0.05, 0.1) is 16.7 Å². The van der Waals surface area contributed by atoms with Gasteiger partial charge in [0, 0.05) is 39.1 Å². The molecule has 2 aromatic rings. The molecule has 7 nitrogen and oxygen atoms in total. The van der Waals surface area contributed by atoms with Crippen LogP contribution < -0.4 is 0 Å². The van der Waals surface area contributed by atoms with Gasteiger partial charge in [0.25, 0.3) is 0 Å². The highest BCUT2D eigenvalue weighted by Crippen LogP contribution is 2.38. The molecule has 0 radical (unpaired) electrons. The lowest BCUT2D eigenvalue weighted by Gasteiger charge is -2.33. The molecule has 2 fully saturated rings. The molecule has 152 valence electrons. The van der Waals surface area contributed by atoms with Crippen molar-refractivity contribution in [3.8, 4) is 0 Å². The zero-order valence-corrected chi connectivity index (χ0v) is 18.5. The number of benzene rings is 1. The highest BCUT2D eigenvalue weighted by Gasteiger charge is 2.33. The van der Waals surface area contributed by atoms with Gasteiger partial charge in [-0.05, 0) is 37.2 Å². The lowest BCUT2D eigenvalue weighted by Crippen LogP contribution is -2.49. The number of rotatable bonds is 5. The molecule has 0 atom stereocenters. The van der Waals surface area contributed by atoms with Crippen molar-refractivity contribution in [1.82, 2.24) is 23.6 Å². The number of hydrogen-bond acceptors (Lipinski definition) is 5. The van der Waals surface area contributed by atoms with E-state index in [1.807, 2.05) is 16.3 Å². The summed E-state index contributed by atoms with van der Waals surface area (Å²) in [6, 6.07) is 4.71. The van der Waals surface area contributed by atoms with Crippen LogP contribution in [0, 0.1) is 4.77 Å². The molecule has 1 aliphatic heterocycles. The Morgan fingerprint density at radius 2 is 1.75 bits per heavy atom. The van der Waals surface area contributed by atoms with Gasteiger partial charge in [0.2, 0.25) is 10.0 Å². The molecule has 4 rings (SSSR count). The number of nitrogens with zero attached hydrogens (tertiary/aromatic N) is 5. The van der Waals surface area contributed by atoms with Gasteiger partial charge in [-0.15, -0.1) is 0 Å². The minimum Gasteiger partial charge on any atom is -0.307 e. The van der Waals surface area contributed by atoms with E-state index in [1.165, 1.54) is 29.3 Å². The first kappa shape index (κ1) is 20.3. The molecule has 1 aliphatic carbocycles. The Balaban J connectivity index is 1.45. The molecule has 0 spiro atoms. The van der Waals surface area contributed by atoms with Crippen molar-refractivity contribution in [3.63, 3.8) is 0 Å². The first-order chi connectivity index (χ1) is 13.3. The van der Waals surface area contributed by atoms with Crippen LogP contribution in [0.5, 0.6) is 0 Å². The molecule has 11 heteroatoms. The summed E-state index contributed by atoms with van der Waals surface area (Å²) < 4.78 is 31.9. The van der Waals surface area contributed by atoms with Gasteiger partial charge < -0.3 is 4.57 Å². The summed E-state index contributed by atoms with van der Waals surface area (Å²) in [5.41, 5.74) is 0. The highest BCUT2D eigenvalue weighted by molar-refractivity contribution is 7.89. The van der Waals surface area contributed by atoms with E-state index in [-0.39, 0.29) is 14.9 Å². The molecule has 0 amide bonds. The number of piperazine rings is 1. The van der Waals surface area contributed by atoms with Gasteiger partial charge >= 0.3 is 0 Å². The van der Waals surface area contributed by atoms with Crippen molar-refractivity contribution in [3.05, 3.63) is 38.8 Å². The fourth-order valence-electron chi connectivity index (χ4n) is 3.45. The van der Waals surface area contributed by atoms with E-state index in [2.05, 4.69) is 10.00 Å². The lowest BCUT2D eigenvalue weighted by molar-refractivity contribution is 0.144. The maximum atomic E-state index is 13.0. The smallest absolute Gasteiger partial charge is 0.246 e. The zero-order valence-electron chi connectivity index (χ0n) is 15.4. The van der Waals surface area contributed by atoms with Crippen LogP contribution in [-0.2, 0) is 23.7 Å². The largest absolute Gasteiger partial charge is 0.307 e. The normalized spacial score (nSPS) is 19.2. The molecule has 1 aromatic heterocycles. The van der Waals surface area contributed by atoms with Gasteiger partial charge in [-0.1, -0.05) is 29.3 Å². The molecule has 0 N–H and O–H groups in total. The third-order valence-corrected chi connectivity index (χ3v) is 8.54. The molecule has 1 aromatic carbocycles. The van der Waals surface area contributed by atoms with Crippen LogP contribution in [0.4, 0.5) is 0 Å². The average Bonchev–Trinajstić information content (AvgIpc) is 3.45. The fourth-order valence-corrected chi connectivity index (χ4v) is 6.16. The van der Waals surface area contributed by atoms with E-state index in [9.17, 15) is 8.42 Å². The maximum absolute atomic E-state index is 13.0. The fraction of sp³-hybridized carbons (Fsp3) is 0.529. The Kier molecular flexibility index (Phi) is 5.58. The summed E-state index contributed by atoms with van der Waals surface area (Å²) in [5, 5.41) is 4.95. The second-order valence-electron chi connectivity index (χ2n) is 7.19. The van der Waals surface area contributed by atoms with Gasteiger partial charge in [0.15, 0.2) is 4.77 Å². The SMILES string of the molecule is Cn1c(C2CC2)nn(CN2CCN(S(=O)(=O)c3c(Cl)cccc3Cl)CC2)c1=S. The standard InChI is InChI=1S/C17H21Cl2N5O2S2/c1-21-16(12-5-6-12)20-24(17(21)27)11-22-7-9-23(10-8-22)28(25,26)15-13(18)3-2-4-14(15)19/h2-4,12H,5-11H2,1H3. The topological polar surface area (TPSA) is 63.4 Å². The summed E-state index contributed by atoms with van der Waals surface area (Å²) in [4.78, 5) is 2.13. The molecule has 1 saturated heterocycles. The van der Waals surface area contributed by atoms with Crippen molar-refractivity contribution in [1.29, 1.82) is 0 Å². The summed E-state index contributed by atoms with van der Waals surface area (Å²) >= 11 is 17.7. The quantitative estimate of drug-likeness (QED) is 0.640. The molecule has 2 heterocycles. The van der Waals surface area contributed by atoms with E-state index < -0.39 is 10.0 Å². The van der Waals surface area contributed by atoms with E-state index in [0.29, 0.717) is 43.5 Å². The van der Waals surface area contributed by atoms with Crippen LogP contribution in [-0.4, -0.2) is 58.1 Å². The van der Waals surface area contributed by atoms with Gasteiger partial charge in [-0.3, -0.25) is 4.90 Å². The van der Waals surface area contributed by atoms with Gasteiger partial charge in [0.1, 0.15) is 10.7 Å². The Hall–Kier alpha value is -0.970. The maximum Gasteiger partial charge on any atom is 0.246 e. The average molecular weight is 462 g/mol. The number of aromatic nitrogens is 3. The zero-order chi connectivity index (χ0) is 20.1. The van der Waals surface area contributed by atoms with Crippen molar-refractivity contribution in [2.45, 2.75) is 30.3 Å². The van der Waals surface area contributed by atoms with E-state index in [1.54, 1.807) is 6.07 Å². The molecular formula is C17H21Cl2N5O2S2. The molecule has 2 aliphatic rings. The number of halogens is 2.